The van der Waals surface area contributed by atoms with E-state index in [1.54, 1.807) is 25.1 Å². The van der Waals surface area contributed by atoms with Crippen molar-refractivity contribution in [1.82, 2.24) is 0 Å². The van der Waals surface area contributed by atoms with Gasteiger partial charge in [-0.1, -0.05) is 18.2 Å². The molecule has 1 unspecified atom stereocenters. The van der Waals surface area contributed by atoms with Crippen molar-refractivity contribution in [3.05, 3.63) is 39.5 Å². The fourth-order valence-electron chi connectivity index (χ4n) is 1.85. The maximum atomic E-state index is 11.6. The van der Waals surface area contributed by atoms with Crippen LogP contribution in [0.5, 0.6) is 5.75 Å². The SMILES string of the molecule is Cc1cccc(C2CCCO2)c(O)c1=O. The summed E-state index contributed by atoms with van der Waals surface area (Å²) >= 11 is 0. The van der Waals surface area contributed by atoms with Gasteiger partial charge in [-0.25, -0.2) is 0 Å². The Hall–Kier alpha value is -1.35. The zero-order valence-corrected chi connectivity index (χ0v) is 8.69. The van der Waals surface area contributed by atoms with Crippen LogP contribution in [0.15, 0.2) is 23.0 Å². The molecule has 0 radical (unpaired) electrons. The van der Waals surface area contributed by atoms with Gasteiger partial charge >= 0.3 is 0 Å². The highest BCUT2D eigenvalue weighted by atomic mass is 16.5. The zero-order valence-electron chi connectivity index (χ0n) is 8.69. The molecule has 80 valence electrons. The van der Waals surface area contributed by atoms with Crippen molar-refractivity contribution in [3.63, 3.8) is 0 Å². The molecule has 1 N–H and O–H groups in total. The van der Waals surface area contributed by atoms with Crippen molar-refractivity contribution >= 4 is 0 Å². The summed E-state index contributed by atoms with van der Waals surface area (Å²) in [4.78, 5) is 11.6. The monoisotopic (exact) mass is 206 g/mol. The van der Waals surface area contributed by atoms with E-state index in [1.807, 2.05) is 0 Å². The predicted molar refractivity (Wildman–Crippen MR) is 57.0 cm³/mol. The summed E-state index contributed by atoms with van der Waals surface area (Å²) in [5, 5.41) is 9.81. The maximum Gasteiger partial charge on any atom is 0.223 e. The summed E-state index contributed by atoms with van der Waals surface area (Å²) in [6, 6.07) is 5.26. The molecule has 0 amide bonds. The van der Waals surface area contributed by atoms with Gasteiger partial charge < -0.3 is 9.84 Å². The van der Waals surface area contributed by atoms with Crippen LogP contribution in [0.4, 0.5) is 0 Å². The van der Waals surface area contributed by atoms with Crippen molar-refractivity contribution in [2.45, 2.75) is 25.9 Å². The van der Waals surface area contributed by atoms with E-state index in [2.05, 4.69) is 0 Å². The van der Waals surface area contributed by atoms with Gasteiger partial charge in [0.1, 0.15) is 0 Å². The molecule has 3 nitrogen and oxygen atoms in total. The van der Waals surface area contributed by atoms with E-state index in [9.17, 15) is 9.90 Å². The van der Waals surface area contributed by atoms with Crippen molar-refractivity contribution in [1.29, 1.82) is 0 Å². The summed E-state index contributed by atoms with van der Waals surface area (Å²) in [5.74, 6) is -0.163. The van der Waals surface area contributed by atoms with Gasteiger partial charge in [-0.15, -0.1) is 0 Å². The van der Waals surface area contributed by atoms with E-state index in [1.165, 1.54) is 0 Å². The van der Waals surface area contributed by atoms with E-state index in [0.29, 0.717) is 17.7 Å². The van der Waals surface area contributed by atoms with Gasteiger partial charge in [-0.2, -0.15) is 0 Å². The van der Waals surface area contributed by atoms with Gasteiger partial charge in [0, 0.05) is 17.7 Å². The lowest BCUT2D eigenvalue weighted by Gasteiger charge is -2.08. The molecule has 1 atom stereocenters. The number of hydrogen-bond donors (Lipinski definition) is 1. The second-order valence-corrected chi connectivity index (χ2v) is 3.84. The van der Waals surface area contributed by atoms with Gasteiger partial charge in [-0.05, 0) is 19.8 Å². The third-order valence-corrected chi connectivity index (χ3v) is 2.75. The highest BCUT2D eigenvalue weighted by Crippen LogP contribution is 2.31. The number of aryl methyl sites for hydroxylation is 1. The standard InChI is InChI=1S/C12H14O3/c1-8-4-2-5-9(12(14)11(8)13)10-6-3-7-15-10/h2,4-5,10H,3,6-7H2,1H3,(H,13,14). The first-order chi connectivity index (χ1) is 7.20. The lowest BCUT2D eigenvalue weighted by atomic mass is 10.1. The van der Waals surface area contributed by atoms with Gasteiger partial charge in [0.25, 0.3) is 0 Å². The fraction of sp³-hybridized carbons (Fsp3) is 0.417. The van der Waals surface area contributed by atoms with Crippen LogP contribution in [-0.2, 0) is 4.74 Å². The summed E-state index contributed by atoms with van der Waals surface area (Å²) in [6.07, 6.45) is 1.73. The second-order valence-electron chi connectivity index (χ2n) is 3.84. The summed E-state index contributed by atoms with van der Waals surface area (Å²) < 4.78 is 5.46. The number of aromatic hydroxyl groups is 1. The molecule has 0 saturated carbocycles. The molecule has 0 spiro atoms. The summed E-state index contributed by atoms with van der Waals surface area (Å²) in [6.45, 7) is 2.40. The zero-order chi connectivity index (χ0) is 10.8. The van der Waals surface area contributed by atoms with Crippen molar-refractivity contribution in [2.75, 3.05) is 6.61 Å². The Morgan fingerprint density at radius 3 is 2.93 bits per heavy atom. The topological polar surface area (TPSA) is 46.5 Å². The average molecular weight is 206 g/mol. The molecule has 0 aliphatic carbocycles. The predicted octanol–water partition coefficient (Wildman–Crippen LogP) is 1.91. The Balaban J connectivity index is 2.53. The van der Waals surface area contributed by atoms with Crippen LogP contribution in [0.2, 0.25) is 0 Å². The molecule has 1 saturated heterocycles. The molecule has 1 heterocycles. The number of rotatable bonds is 1. The van der Waals surface area contributed by atoms with Crippen molar-refractivity contribution in [2.24, 2.45) is 0 Å². The van der Waals surface area contributed by atoms with Crippen LogP contribution < -0.4 is 5.43 Å². The maximum absolute atomic E-state index is 11.6. The van der Waals surface area contributed by atoms with Crippen LogP contribution in [0.1, 0.15) is 30.1 Å². The number of hydrogen-bond acceptors (Lipinski definition) is 3. The van der Waals surface area contributed by atoms with Crippen LogP contribution in [-0.4, -0.2) is 11.7 Å². The van der Waals surface area contributed by atoms with E-state index >= 15 is 0 Å². The van der Waals surface area contributed by atoms with E-state index in [-0.39, 0.29) is 17.3 Å². The van der Waals surface area contributed by atoms with Crippen LogP contribution in [0.25, 0.3) is 0 Å². The molecule has 1 aliphatic rings. The highest BCUT2D eigenvalue weighted by Gasteiger charge is 2.21. The minimum absolute atomic E-state index is 0.121. The molecule has 15 heavy (non-hydrogen) atoms. The quantitative estimate of drug-likeness (QED) is 0.763. The smallest absolute Gasteiger partial charge is 0.223 e. The Labute approximate surface area is 88.3 Å². The van der Waals surface area contributed by atoms with E-state index in [0.717, 1.165) is 12.8 Å². The molecule has 3 heteroatoms. The van der Waals surface area contributed by atoms with E-state index in [4.69, 9.17) is 4.74 Å². The molecule has 1 aromatic carbocycles. The molecule has 1 aliphatic heterocycles. The Bertz CT molecular complexity index is 420. The van der Waals surface area contributed by atoms with Gasteiger partial charge in [0.05, 0.1) is 6.10 Å². The van der Waals surface area contributed by atoms with Crippen LogP contribution >= 0.6 is 0 Å². The summed E-state index contributed by atoms with van der Waals surface area (Å²) in [7, 11) is 0. The second kappa shape index (κ2) is 4.03. The largest absolute Gasteiger partial charge is 0.504 e. The minimum Gasteiger partial charge on any atom is -0.504 e. The third kappa shape index (κ3) is 1.88. The molecule has 2 rings (SSSR count). The normalized spacial score (nSPS) is 20.5. The first-order valence-corrected chi connectivity index (χ1v) is 5.14. The lowest BCUT2D eigenvalue weighted by molar-refractivity contribution is 0.110. The average Bonchev–Trinajstić information content (AvgIpc) is 2.71. The molecule has 0 aromatic heterocycles. The molecular formula is C12H14O3. The first kappa shape index (κ1) is 10.2. The van der Waals surface area contributed by atoms with Crippen molar-refractivity contribution in [3.8, 4) is 5.75 Å². The van der Waals surface area contributed by atoms with E-state index < -0.39 is 0 Å². The van der Waals surface area contributed by atoms with Crippen LogP contribution in [0.3, 0.4) is 0 Å². The lowest BCUT2D eigenvalue weighted by Crippen LogP contribution is -2.04. The van der Waals surface area contributed by atoms with Crippen LogP contribution in [0, 0.1) is 6.92 Å². The third-order valence-electron chi connectivity index (χ3n) is 2.75. The molecule has 0 bridgehead atoms. The van der Waals surface area contributed by atoms with Gasteiger partial charge in [0.15, 0.2) is 5.75 Å². The molecular weight excluding hydrogens is 192 g/mol. The summed E-state index contributed by atoms with van der Waals surface area (Å²) in [5.41, 5.74) is 0.868. The molecule has 1 fully saturated rings. The fourth-order valence-corrected chi connectivity index (χ4v) is 1.85. The first-order valence-electron chi connectivity index (χ1n) is 5.14. The number of ether oxygens (including phenoxy) is 1. The van der Waals surface area contributed by atoms with Crippen molar-refractivity contribution < 1.29 is 9.84 Å². The van der Waals surface area contributed by atoms with Gasteiger partial charge in [0.2, 0.25) is 5.43 Å². The Kier molecular flexibility index (Phi) is 2.73. The molecule has 1 aromatic rings. The Morgan fingerprint density at radius 1 is 1.47 bits per heavy atom. The minimum atomic E-state index is -0.300. The highest BCUT2D eigenvalue weighted by molar-refractivity contribution is 5.36. The van der Waals surface area contributed by atoms with Gasteiger partial charge in [-0.3, -0.25) is 4.79 Å². The Morgan fingerprint density at radius 2 is 2.27 bits per heavy atom.